The zero-order chi connectivity index (χ0) is 13.8. The molecule has 19 heavy (non-hydrogen) atoms. The highest BCUT2D eigenvalue weighted by molar-refractivity contribution is 5.76. The second-order valence-electron chi connectivity index (χ2n) is 5.30. The van der Waals surface area contributed by atoms with E-state index in [0.717, 1.165) is 31.4 Å². The predicted octanol–water partition coefficient (Wildman–Crippen LogP) is 2.83. The summed E-state index contributed by atoms with van der Waals surface area (Å²) in [6.45, 7) is 4.17. The fourth-order valence-corrected chi connectivity index (χ4v) is 2.70. The second-order valence-corrected chi connectivity index (χ2v) is 5.30. The molecule has 0 amide bonds. The van der Waals surface area contributed by atoms with Gasteiger partial charge in [0, 0.05) is 18.0 Å². The largest absolute Gasteiger partial charge is 0.469 e. The Balaban J connectivity index is 2.12. The van der Waals surface area contributed by atoms with Crippen molar-refractivity contribution >= 4 is 5.97 Å². The lowest BCUT2D eigenvalue weighted by Crippen LogP contribution is -2.45. The molecule has 1 aliphatic rings. The number of hydrogen-bond acceptors (Lipinski definition) is 4. The van der Waals surface area contributed by atoms with Crippen molar-refractivity contribution in [2.45, 2.75) is 51.6 Å². The van der Waals surface area contributed by atoms with Crippen LogP contribution in [0.3, 0.4) is 0 Å². The number of esters is 1. The lowest BCUT2D eigenvalue weighted by atomic mass is 9.90. The van der Waals surface area contributed by atoms with Crippen LogP contribution >= 0.6 is 0 Å². The number of nitrogens with one attached hydrogen (secondary N) is 1. The highest BCUT2D eigenvalue weighted by atomic mass is 16.5. The molecule has 2 rings (SSSR count). The van der Waals surface area contributed by atoms with Gasteiger partial charge in [0.05, 0.1) is 13.4 Å². The van der Waals surface area contributed by atoms with E-state index in [1.165, 1.54) is 12.7 Å². The van der Waals surface area contributed by atoms with E-state index in [9.17, 15) is 4.79 Å². The number of aryl methyl sites for hydroxylation is 1. The van der Waals surface area contributed by atoms with Crippen LogP contribution in [0.15, 0.2) is 16.7 Å². The molecule has 3 unspecified atom stereocenters. The van der Waals surface area contributed by atoms with Crippen LogP contribution in [0, 0.1) is 5.92 Å². The van der Waals surface area contributed by atoms with Gasteiger partial charge in [-0.15, -0.1) is 0 Å². The minimum atomic E-state index is -0.249. The van der Waals surface area contributed by atoms with Crippen LogP contribution in [-0.2, 0) is 16.0 Å². The fraction of sp³-hybridized carbons (Fsp3) is 0.667. The molecule has 0 saturated carbocycles. The number of carbonyl (C=O) groups is 1. The van der Waals surface area contributed by atoms with Gasteiger partial charge in [-0.2, -0.15) is 0 Å². The Hall–Kier alpha value is -1.29. The molecule has 4 heteroatoms. The van der Waals surface area contributed by atoms with Crippen LogP contribution in [0.5, 0.6) is 0 Å². The van der Waals surface area contributed by atoms with Crippen LogP contribution < -0.4 is 5.32 Å². The van der Waals surface area contributed by atoms with Gasteiger partial charge in [0.2, 0.25) is 0 Å². The SMILES string of the molecule is CCC(C)C(NC1CCCc2occc21)C(=O)OC. The third-order valence-electron chi connectivity index (χ3n) is 4.10. The third kappa shape index (κ3) is 3.00. The van der Waals surface area contributed by atoms with Gasteiger partial charge < -0.3 is 9.15 Å². The van der Waals surface area contributed by atoms with E-state index in [4.69, 9.17) is 9.15 Å². The minimum Gasteiger partial charge on any atom is -0.469 e. The molecule has 0 aliphatic heterocycles. The Morgan fingerprint density at radius 2 is 2.42 bits per heavy atom. The van der Waals surface area contributed by atoms with Gasteiger partial charge in [0.15, 0.2) is 0 Å². The minimum absolute atomic E-state index is 0.176. The molecule has 1 aliphatic carbocycles. The van der Waals surface area contributed by atoms with Crippen molar-refractivity contribution < 1.29 is 13.9 Å². The van der Waals surface area contributed by atoms with Crippen molar-refractivity contribution in [2.75, 3.05) is 7.11 Å². The number of furan rings is 1. The van der Waals surface area contributed by atoms with Crippen LogP contribution in [0.25, 0.3) is 0 Å². The molecule has 1 heterocycles. The van der Waals surface area contributed by atoms with Crippen molar-refractivity contribution in [2.24, 2.45) is 5.92 Å². The summed E-state index contributed by atoms with van der Waals surface area (Å²) >= 11 is 0. The first-order valence-corrected chi connectivity index (χ1v) is 7.07. The molecule has 0 spiro atoms. The summed E-state index contributed by atoms with van der Waals surface area (Å²) in [5, 5.41) is 3.47. The van der Waals surface area contributed by atoms with E-state index in [0.29, 0.717) is 0 Å². The van der Waals surface area contributed by atoms with Gasteiger partial charge in [-0.1, -0.05) is 20.3 Å². The van der Waals surface area contributed by atoms with Gasteiger partial charge in [0.25, 0.3) is 0 Å². The lowest BCUT2D eigenvalue weighted by Gasteiger charge is -2.29. The normalized spacial score (nSPS) is 21.5. The van der Waals surface area contributed by atoms with Crippen molar-refractivity contribution in [1.82, 2.24) is 5.32 Å². The molecule has 3 atom stereocenters. The quantitative estimate of drug-likeness (QED) is 0.832. The fourth-order valence-electron chi connectivity index (χ4n) is 2.70. The lowest BCUT2D eigenvalue weighted by molar-refractivity contribution is -0.144. The van der Waals surface area contributed by atoms with Gasteiger partial charge in [-0.25, -0.2) is 0 Å². The Labute approximate surface area is 114 Å². The van der Waals surface area contributed by atoms with E-state index in [-0.39, 0.29) is 24.0 Å². The summed E-state index contributed by atoms with van der Waals surface area (Å²) in [5.74, 6) is 1.13. The Bertz CT molecular complexity index is 427. The molecule has 0 radical (unpaired) electrons. The van der Waals surface area contributed by atoms with Crippen molar-refractivity contribution in [1.29, 1.82) is 0 Å². The molecule has 0 fully saturated rings. The standard InChI is InChI=1S/C15H23NO3/c1-4-10(2)14(15(17)18-3)16-12-6-5-7-13-11(12)8-9-19-13/h8-10,12,14,16H,4-7H2,1-3H3. The van der Waals surface area contributed by atoms with Gasteiger partial charge in [-0.3, -0.25) is 10.1 Å². The van der Waals surface area contributed by atoms with E-state index in [2.05, 4.69) is 19.2 Å². The number of carbonyl (C=O) groups excluding carboxylic acids is 1. The van der Waals surface area contributed by atoms with Crippen molar-refractivity contribution in [3.63, 3.8) is 0 Å². The predicted molar refractivity (Wildman–Crippen MR) is 72.8 cm³/mol. The third-order valence-corrected chi connectivity index (χ3v) is 4.10. The zero-order valence-electron chi connectivity index (χ0n) is 11.9. The van der Waals surface area contributed by atoms with Crippen molar-refractivity contribution in [3.05, 3.63) is 23.7 Å². The van der Waals surface area contributed by atoms with Crippen LogP contribution in [0.2, 0.25) is 0 Å². The smallest absolute Gasteiger partial charge is 0.323 e. The molecule has 1 aromatic heterocycles. The second kappa shape index (κ2) is 6.24. The van der Waals surface area contributed by atoms with Crippen LogP contribution in [0.4, 0.5) is 0 Å². The summed E-state index contributed by atoms with van der Waals surface area (Å²) in [4.78, 5) is 11.9. The summed E-state index contributed by atoms with van der Waals surface area (Å²) in [6.07, 6.45) is 5.80. The van der Waals surface area contributed by atoms with Gasteiger partial charge >= 0.3 is 5.97 Å². The van der Waals surface area contributed by atoms with E-state index in [1.54, 1.807) is 6.26 Å². The summed E-state index contributed by atoms with van der Waals surface area (Å²) < 4.78 is 10.4. The molecule has 0 aromatic carbocycles. The molecule has 0 bridgehead atoms. The first-order chi connectivity index (χ1) is 9.17. The summed E-state index contributed by atoms with van der Waals surface area (Å²) in [6, 6.07) is 1.96. The monoisotopic (exact) mass is 265 g/mol. The highest BCUT2D eigenvalue weighted by Gasteiger charge is 2.30. The number of rotatable bonds is 5. The summed E-state index contributed by atoms with van der Waals surface area (Å²) in [5.41, 5.74) is 1.20. The molecule has 1 aromatic rings. The first-order valence-electron chi connectivity index (χ1n) is 7.07. The first kappa shape index (κ1) is 14.1. The number of hydrogen-bond donors (Lipinski definition) is 1. The van der Waals surface area contributed by atoms with E-state index < -0.39 is 0 Å². The van der Waals surface area contributed by atoms with Gasteiger partial charge in [0.1, 0.15) is 11.8 Å². The maximum Gasteiger partial charge on any atom is 0.323 e. The maximum atomic E-state index is 11.9. The van der Waals surface area contributed by atoms with E-state index >= 15 is 0 Å². The average Bonchev–Trinajstić information content (AvgIpc) is 2.92. The molecule has 4 nitrogen and oxygen atoms in total. The van der Waals surface area contributed by atoms with Crippen LogP contribution in [-0.4, -0.2) is 19.1 Å². The molecule has 1 N–H and O–H groups in total. The Kier molecular flexibility index (Phi) is 4.64. The Morgan fingerprint density at radius 1 is 1.63 bits per heavy atom. The maximum absolute atomic E-state index is 11.9. The highest BCUT2D eigenvalue weighted by Crippen LogP contribution is 2.31. The summed E-state index contributed by atoms with van der Waals surface area (Å²) in [7, 11) is 1.45. The average molecular weight is 265 g/mol. The van der Waals surface area contributed by atoms with Crippen LogP contribution in [0.1, 0.15) is 50.5 Å². The van der Waals surface area contributed by atoms with E-state index in [1.807, 2.05) is 6.07 Å². The molecular formula is C15H23NO3. The zero-order valence-corrected chi connectivity index (χ0v) is 11.9. The number of fused-ring (bicyclic) bond motifs is 1. The van der Waals surface area contributed by atoms with Crippen molar-refractivity contribution in [3.8, 4) is 0 Å². The molecule has 0 saturated heterocycles. The number of methoxy groups -OCH3 is 1. The number of ether oxygens (including phenoxy) is 1. The molecular weight excluding hydrogens is 242 g/mol. The topological polar surface area (TPSA) is 51.5 Å². The Morgan fingerprint density at radius 3 is 3.11 bits per heavy atom. The van der Waals surface area contributed by atoms with Gasteiger partial charge in [-0.05, 0) is 24.8 Å². The molecule has 106 valence electrons.